The third-order valence-electron chi connectivity index (χ3n) is 5.60. The number of ether oxygens (including phenoxy) is 1. The van der Waals surface area contributed by atoms with E-state index in [2.05, 4.69) is 5.32 Å². The van der Waals surface area contributed by atoms with Gasteiger partial charge in [-0.3, -0.25) is 4.79 Å². The van der Waals surface area contributed by atoms with Gasteiger partial charge >= 0.3 is 0 Å². The van der Waals surface area contributed by atoms with Crippen molar-refractivity contribution >= 4 is 21.6 Å². The molecule has 1 heterocycles. The van der Waals surface area contributed by atoms with Crippen molar-refractivity contribution in [2.75, 3.05) is 18.4 Å². The van der Waals surface area contributed by atoms with E-state index in [-0.39, 0.29) is 10.8 Å². The average molecular weight is 445 g/mol. The zero-order chi connectivity index (χ0) is 22.4. The van der Waals surface area contributed by atoms with Crippen LogP contribution in [0.15, 0.2) is 47.4 Å². The van der Waals surface area contributed by atoms with Crippen LogP contribution < -0.4 is 10.1 Å². The largest absolute Gasteiger partial charge is 0.480 e. The first-order valence-corrected chi connectivity index (χ1v) is 12.4. The second kappa shape index (κ2) is 10.3. The van der Waals surface area contributed by atoms with Crippen LogP contribution in [0.1, 0.15) is 50.2 Å². The van der Waals surface area contributed by atoms with Crippen molar-refractivity contribution in [2.24, 2.45) is 0 Å². The van der Waals surface area contributed by atoms with Crippen LogP contribution in [0.4, 0.5) is 5.69 Å². The zero-order valence-electron chi connectivity index (χ0n) is 18.6. The molecule has 0 radical (unpaired) electrons. The van der Waals surface area contributed by atoms with Crippen molar-refractivity contribution in [3.63, 3.8) is 0 Å². The van der Waals surface area contributed by atoms with Crippen LogP contribution in [0.2, 0.25) is 0 Å². The molecule has 1 aliphatic rings. The Morgan fingerprint density at radius 2 is 1.68 bits per heavy atom. The van der Waals surface area contributed by atoms with E-state index in [0.29, 0.717) is 30.9 Å². The molecule has 1 fully saturated rings. The van der Waals surface area contributed by atoms with Gasteiger partial charge < -0.3 is 10.1 Å². The van der Waals surface area contributed by atoms with Crippen molar-refractivity contribution in [1.29, 1.82) is 0 Å². The van der Waals surface area contributed by atoms with Crippen LogP contribution in [0.5, 0.6) is 5.75 Å². The summed E-state index contributed by atoms with van der Waals surface area (Å²) in [6, 6.07) is 12.3. The number of aryl methyl sites for hydroxylation is 2. The summed E-state index contributed by atoms with van der Waals surface area (Å²) in [5.74, 6) is 0.437. The second-order valence-corrected chi connectivity index (χ2v) is 10.1. The Balaban J connectivity index is 1.68. The predicted molar refractivity (Wildman–Crippen MR) is 123 cm³/mol. The van der Waals surface area contributed by atoms with Crippen LogP contribution in [0, 0.1) is 13.8 Å². The normalized spacial score (nSPS) is 16.4. The van der Waals surface area contributed by atoms with Crippen LogP contribution in [-0.4, -0.2) is 37.8 Å². The maximum absolute atomic E-state index is 12.9. The number of rotatable bonds is 7. The maximum atomic E-state index is 12.9. The number of hydrogen-bond acceptors (Lipinski definition) is 4. The molecular weight excluding hydrogens is 412 g/mol. The molecule has 0 aromatic heterocycles. The number of nitrogens with zero attached hydrogens (tertiary/aromatic N) is 1. The molecule has 31 heavy (non-hydrogen) atoms. The molecule has 0 spiro atoms. The molecular formula is C24H32N2O4S. The number of nitrogens with one attached hydrogen (secondary N) is 1. The molecule has 168 valence electrons. The summed E-state index contributed by atoms with van der Waals surface area (Å²) in [6.45, 7) is 6.95. The summed E-state index contributed by atoms with van der Waals surface area (Å²) in [6.07, 6.45) is 3.80. The quantitative estimate of drug-likeness (QED) is 0.674. The van der Waals surface area contributed by atoms with Crippen LogP contribution >= 0.6 is 0 Å². The number of hydrogen-bond donors (Lipinski definition) is 1. The number of carbonyl (C=O) groups excluding carboxylic acids is 1. The predicted octanol–water partition coefficient (Wildman–Crippen LogP) is 4.66. The Kier molecular flexibility index (Phi) is 7.73. The summed E-state index contributed by atoms with van der Waals surface area (Å²) >= 11 is 0. The summed E-state index contributed by atoms with van der Waals surface area (Å²) in [4.78, 5) is 13.0. The van der Waals surface area contributed by atoms with Gasteiger partial charge in [0.2, 0.25) is 10.0 Å². The fourth-order valence-electron chi connectivity index (χ4n) is 3.67. The van der Waals surface area contributed by atoms with E-state index in [4.69, 9.17) is 4.74 Å². The molecule has 1 saturated heterocycles. The Morgan fingerprint density at radius 3 is 2.29 bits per heavy atom. The molecule has 6 nitrogen and oxygen atoms in total. The molecule has 0 bridgehead atoms. The van der Waals surface area contributed by atoms with Gasteiger partial charge in [0.25, 0.3) is 5.91 Å². The van der Waals surface area contributed by atoms with Crippen molar-refractivity contribution in [2.45, 2.75) is 63.9 Å². The molecule has 1 N–H and O–H groups in total. The highest BCUT2D eigenvalue weighted by Gasteiger charge is 2.25. The lowest BCUT2D eigenvalue weighted by molar-refractivity contribution is -0.122. The Labute approximate surface area is 185 Å². The number of benzene rings is 2. The van der Waals surface area contributed by atoms with E-state index in [1.165, 1.54) is 0 Å². The first-order chi connectivity index (χ1) is 14.8. The van der Waals surface area contributed by atoms with Gasteiger partial charge in [0.05, 0.1) is 4.90 Å². The molecule has 0 aliphatic carbocycles. The van der Waals surface area contributed by atoms with Gasteiger partial charge in [0.1, 0.15) is 5.75 Å². The Bertz CT molecular complexity index is 995. The van der Waals surface area contributed by atoms with Crippen molar-refractivity contribution in [1.82, 2.24) is 4.31 Å². The minimum Gasteiger partial charge on any atom is -0.480 e. The smallest absolute Gasteiger partial charge is 0.265 e. The van der Waals surface area contributed by atoms with Crippen molar-refractivity contribution < 1.29 is 17.9 Å². The van der Waals surface area contributed by atoms with Crippen molar-refractivity contribution in [3.05, 3.63) is 53.6 Å². The highest BCUT2D eigenvalue weighted by molar-refractivity contribution is 7.89. The maximum Gasteiger partial charge on any atom is 0.265 e. The molecule has 2 aromatic rings. The first kappa shape index (κ1) is 23.3. The lowest BCUT2D eigenvalue weighted by Gasteiger charge is -2.20. The van der Waals surface area contributed by atoms with E-state index >= 15 is 0 Å². The molecule has 0 saturated carbocycles. The van der Waals surface area contributed by atoms with Gasteiger partial charge in [-0.05, 0) is 74.6 Å². The fourth-order valence-corrected chi connectivity index (χ4v) is 5.19. The highest BCUT2D eigenvalue weighted by atomic mass is 32.2. The van der Waals surface area contributed by atoms with E-state index in [9.17, 15) is 13.2 Å². The van der Waals surface area contributed by atoms with Gasteiger partial charge in [0, 0.05) is 18.8 Å². The molecule has 7 heteroatoms. The second-order valence-electron chi connectivity index (χ2n) is 8.12. The number of carbonyl (C=O) groups is 1. The van der Waals surface area contributed by atoms with Gasteiger partial charge in [-0.2, -0.15) is 4.31 Å². The zero-order valence-corrected chi connectivity index (χ0v) is 19.4. The van der Waals surface area contributed by atoms with Gasteiger partial charge in [-0.1, -0.05) is 31.9 Å². The van der Waals surface area contributed by atoms with E-state index in [1.807, 2.05) is 39.0 Å². The lowest BCUT2D eigenvalue weighted by atomic mass is 10.1. The lowest BCUT2D eigenvalue weighted by Crippen LogP contribution is -2.33. The molecule has 1 aliphatic heterocycles. The van der Waals surface area contributed by atoms with Gasteiger partial charge in [-0.15, -0.1) is 0 Å². The highest BCUT2D eigenvalue weighted by Crippen LogP contribution is 2.24. The SMILES string of the molecule is CC[C@@H](Oc1cc(C)ccc1C)C(=O)Nc1ccc(S(=O)(=O)N2CCCCCC2)cc1. The number of anilines is 1. The molecule has 0 unspecified atom stereocenters. The van der Waals surface area contributed by atoms with Crippen LogP contribution in [-0.2, 0) is 14.8 Å². The summed E-state index contributed by atoms with van der Waals surface area (Å²) in [5.41, 5.74) is 2.58. The molecule has 1 amide bonds. The minimum absolute atomic E-state index is 0.256. The van der Waals surface area contributed by atoms with Crippen molar-refractivity contribution in [3.8, 4) is 5.75 Å². The number of sulfonamides is 1. The molecule has 1 atom stereocenters. The summed E-state index contributed by atoms with van der Waals surface area (Å²) in [7, 11) is -3.51. The Hall–Kier alpha value is -2.38. The topological polar surface area (TPSA) is 75.7 Å². The standard InChI is InChI=1S/C24H32N2O4S/c1-4-22(30-23-17-18(2)9-10-19(23)3)24(27)25-20-11-13-21(14-12-20)31(28,29)26-15-7-5-6-8-16-26/h9-14,17,22H,4-8,15-16H2,1-3H3,(H,25,27)/t22-/m1/s1. The van der Waals surface area contributed by atoms with Gasteiger partial charge in [0.15, 0.2) is 6.10 Å². The van der Waals surface area contributed by atoms with Gasteiger partial charge in [-0.25, -0.2) is 8.42 Å². The molecule has 2 aromatic carbocycles. The summed E-state index contributed by atoms with van der Waals surface area (Å²) < 4.78 is 33.4. The van der Waals surface area contributed by atoms with Crippen LogP contribution in [0.3, 0.4) is 0 Å². The van der Waals surface area contributed by atoms with E-state index in [1.54, 1.807) is 28.6 Å². The van der Waals surface area contributed by atoms with E-state index in [0.717, 1.165) is 36.8 Å². The van der Waals surface area contributed by atoms with E-state index < -0.39 is 16.1 Å². The van der Waals surface area contributed by atoms with Crippen LogP contribution in [0.25, 0.3) is 0 Å². The number of amides is 1. The third kappa shape index (κ3) is 5.86. The fraction of sp³-hybridized carbons (Fsp3) is 0.458. The summed E-state index contributed by atoms with van der Waals surface area (Å²) in [5, 5.41) is 2.84. The Morgan fingerprint density at radius 1 is 1.03 bits per heavy atom. The monoisotopic (exact) mass is 444 g/mol. The first-order valence-electron chi connectivity index (χ1n) is 11.0. The minimum atomic E-state index is -3.51. The average Bonchev–Trinajstić information content (AvgIpc) is 3.05. The third-order valence-corrected chi connectivity index (χ3v) is 7.51. The molecule has 3 rings (SSSR count).